The van der Waals surface area contributed by atoms with E-state index >= 15 is 0 Å². The standard InChI is InChI=1S/C10H16FN3O/c1-2-5-15-7-10(14-12)9-4-3-8(11)6-13-9/h3-4,6,10,14H,2,5,7,12H2,1H3. The molecule has 0 fully saturated rings. The summed E-state index contributed by atoms with van der Waals surface area (Å²) in [6, 6.07) is 2.75. The van der Waals surface area contributed by atoms with Gasteiger partial charge < -0.3 is 4.74 Å². The molecule has 1 aromatic rings. The van der Waals surface area contributed by atoms with E-state index in [1.54, 1.807) is 6.07 Å². The molecule has 1 atom stereocenters. The zero-order valence-corrected chi connectivity index (χ0v) is 8.74. The lowest BCUT2D eigenvalue weighted by molar-refractivity contribution is 0.111. The minimum atomic E-state index is -0.357. The molecular formula is C10H16FN3O. The van der Waals surface area contributed by atoms with Crippen molar-refractivity contribution >= 4 is 0 Å². The molecule has 0 aliphatic heterocycles. The summed E-state index contributed by atoms with van der Waals surface area (Å²) in [6.45, 7) is 3.14. The average Bonchev–Trinajstić information content (AvgIpc) is 2.26. The van der Waals surface area contributed by atoms with Gasteiger partial charge in [0.2, 0.25) is 0 Å². The number of halogens is 1. The number of aromatic nitrogens is 1. The number of pyridine rings is 1. The number of hydrazine groups is 1. The summed E-state index contributed by atoms with van der Waals surface area (Å²) in [6.07, 6.45) is 2.12. The Kier molecular flexibility index (Phi) is 5.17. The van der Waals surface area contributed by atoms with Crippen molar-refractivity contribution in [3.8, 4) is 0 Å². The topological polar surface area (TPSA) is 60.2 Å². The summed E-state index contributed by atoms with van der Waals surface area (Å²) >= 11 is 0. The number of nitrogens with two attached hydrogens (primary N) is 1. The third-order valence-electron chi connectivity index (χ3n) is 1.94. The molecule has 0 amide bonds. The van der Waals surface area contributed by atoms with Crippen molar-refractivity contribution in [2.45, 2.75) is 19.4 Å². The van der Waals surface area contributed by atoms with Crippen LogP contribution in [0.3, 0.4) is 0 Å². The van der Waals surface area contributed by atoms with Crippen LogP contribution in [0.1, 0.15) is 25.1 Å². The fraction of sp³-hybridized carbons (Fsp3) is 0.500. The molecule has 0 spiro atoms. The van der Waals surface area contributed by atoms with Gasteiger partial charge in [0.15, 0.2) is 0 Å². The van der Waals surface area contributed by atoms with Gasteiger partial charge in [0.05, 0.1) is 24.5 Å². The van der Waals surface area contributed by atoms with E-state index in [1.165, 1.54) is 12.3 Å². The summed E-state index contributed by atoms with van der Waals surface area (Å²) in [7, 11) is 0. The van der Waals surface area contributed by atoms with Gasteiger partial charge in [-0.3, -0.25) is 10.8 Å². The summed E-state index contributed by atoms with van der Waals surface area (Å²) in [5.74, 6) is 5.00. The Morgan fingerprint density at radius 2 is 2.40 bits per heavy atom. The molecule has 0 aliphatic rings. The van der Waals surface area contributed by atoms with Gasteiger partial charge >= 0.3 is 0 Å². The molecule has 1 heterocycles. The highest BCUT2D eigenvalue weighted by Crippen LogP contribution is 2.09. The van der Waals surface area contributed by atoms with Gasteiger partial charge in [-0.1, -0.05) is 6.92 Å². The molecule has 4 nitrogen and oxygen atoms in total. The largest absolute Gasteiger partial charge is 0.379 e. The summed E-state index contributed by atoms with van der Waals surface area (Å²) in [5.41, 5.74) is 3.26. The first-order valence-corrected chi connectivity index (χ1v) is 4.93. The monoisotopic (exact) mass is 213 g/mol. The van der Waals surface area contributed by atoms with Crippen molar-refractivity contribution in [2.24, 2.45) is 5.84 Å². The van der Waals surface area contributed by atoms with Crippen LogP contribution in [0, 0.1) is 5.82 Å². The second kappa shape index (κ2) is 6.44. The molecule has 0 bridgehead atoms. The normalized spacial score (nSPS) is 12.7. The van der Waals surface area contributed by atoms with Gasteiger partial charge in [0.1, 0.15) is 5.82 Å². The van der Waals surface area contributed by atoms with Crippen LogP contribution in [0.5, 0.6) is 0 Å². The highest BCUT2D eigenvalue weighted by molar-refractivity contribution is 5.09. The Morgan fingerprint density at radius 1 is 1.60 bits per heavy atom. The lowest BCUT2D eigenvalue weighted by Gasteiger charge is -2.15. The fourth-order valence-electron chi connectivity index (χ4n) is 1.16. The minimum absolute atomic E-state index is 0.197. The zero-order chi connectivity index (χ0) is 11.1. The maximum Gasteiger partial charge on any atom is 0.141 e. The lowest BCUT2D eigenvalue weighted by Crippen LogP contribution is -2.32. The van der Waals surface area contributed by atoms with E-state index in [1.807, 2.05) is 6.92 Å². The van der Waals surface area contributed by atoms with Gasteiger partial charge in [-0.15, -0.1) is 0 Å². The van der Waals surface area contributed by atoms with Crippen molar-refractivity contribution in [1.82, 2.24) is 10.4 Å². The summed E-state index contributed by atoms with van der Waals surface area (Å²) < 4.78 is 18.0. The first kappa shape index (κ1) is 12.0. The quantitative estimate of drug-likeness (QED) is 0.423. The Morgan fingerprint density at radius 3 is 2.93 bits per heavy atom. The third-order valence-corrected chi connectivity index (χ3v) is 1.94. The molecule has 0 saturated heterocycles. The lowest BCUT2D eigenvalue weighted by atomic mass is 10.2. The van der Waals surface area contributed by atoms with Gasteiger partial charge in [0.25, 0.3) is 0 Å². The van der Waals surface area contributed by atoms with Crippen LogP contribution in [0.25, 0.3) is 0 Å². The summed E-state index contributed by atoms with van der Waals surface area (Å²) in [4.78, 5) is 3.93. The predicted molar refractivity (Wildman–Crippen MR) is 55.4 cm³/mol. The van der Waals surface area contributed by atoms with Crippen LogP contribution in [0.2, 0.25) is 0 Å². The molecule has 1 unspecified atom stereocenters. The smallest absolute Gasteiger partial charge is 0.141 e. The van der Waals surface area contributed by atoms with Crippen molar-refractivity contribution in [3.63, 3.8) is 0 Å². The van der Waals surface area contributed by atoms with E-state index in [9.17, 15) is 4.39 Å². The maximum atomic E-state index is 12.6. The molecule has 15 heavy (non-hydrogen) atoms. The molecule has 1 rings (SSSR count). The van der Waals surface area contributed by atoms with Crippen LogP contribution < -0.4 is 11.3 Å². The Bertz CT molecular complexity index is 279. The highest BCUT2D eigenvalue weighted by atomic mass is 19.1. The van der Waals surface area contributed by atoms with Gasteiger partial charge in [-0.05, 0) is 18.6 Å². The second-order valence-corrected chi connectivity index (χ2v) is 3.20. The van der Waals surface area contributed by atoms with Crippen molar-refractivity contribution in [1.29, 1.82) is 0 Å². The maximum absolute atomic E-state index is 12.6. The number of nitrogens with one attached hydrogen (secondary N) is 1. The third kappa shape index (κ3) is 3.91. The van der Waals surface area contributed by atoms with Crippen LogP contribution in [0.4, 0.5) is 4.39 Å². The highest BCUT2D eigenvalue weighted by Gasteiger charge is 2.10. The number of nitrogens with zero attached hydrogens (tertiary/aromatic N) is 1. The fourth-order valence-corrected chi connectivity index (χ4v) is 1.16. The van der Waals surface area contributed by atoms with E-state index in [-0.39, 0.29) is 11.9 Å². The van der Waals surface area contributed by atoms with Crippen LogP contribution in [0.15, 0.2) is 18.3 Å². The van der Waals surface area contributed by atoms with E-state index in [4.69, 9.17) is 10.6 Å². The molecule has 0 aromatic carbocycles. The number of ether oxygens (including phenoxy) is 1. The van der Waals surface area contributed by atoms with Crippen LogP contribution >= 0.6 is 0 Å². The summed E-state index contributed by atoms with van der Waals surface area (Å²) in [5, 5.41) is 0. The Hall–Kier alpha value is -1.04. The first-order valence-electron chi connectivity index (χ1n) is 4.93. The van der Waals surface area contributed by atoms with Crippen molar-refractivity contribution in [2.75, 3.05) is 13.2 Å². The SMILES string of the molecule is CCCOCC(NN)c1ccc(F)cn1. The number of rotatable bonds is 6. The van der Waals surface area contributed by atoms with E-state index in [0.29, 0.717) is 18.9 Å². The van der Waals surface area contributed by atoms with Crippen molar-refractivity contribution < 1.29 is 9.13 Å². The predicted octanol–water partition coefficient (Wildman–Crippen LogP) is 1.15. The zero-order valence-electron chi connectivity index (χ0n) is 8.74. The molecule has 5 heteroatoms. The van der Waals surface area contributed by atoms with E-state index in [0.717, 1.165) is 6.42 Å². The molecule has 1 aromatic heterocycles. The second-order valence-electron chi connectivity index (χ2n) is 3.20. The molecular weight excluding hydrogens is 197 g/mol. The molecule has 0 radical (unpaired) electrons. The Labute approximate surface area is 88.6 Å². The molecule has 3 N–H and O–H groups in total. The van der Waals surface area contributed by atoms with Gasteiger partial charge in [-0.25, -0.2) is 9.82 Å². The molecule has 0 saturated carbocycles. The molecule has 0 aliphatic carbocycles. The van der Waals surface area contributed by atoms with Crippen LogP contribution in [-0.4, -0.2) is 18.2 Å². The number of hydrogen-bond donors (Lipinski definition) is 2. The van der Waals surface area contributed by atoms with E-state index in [2.05, 4.69) is 10.4 Å². The average molecular weight is 213 g/mol. The number of hydrogen-bond acceptors (Lipinski definition) is 4. The minimum Gasteiger partial charge on any atom is -0.379 e. The van der Waals surface area contributed by atoms with Gasteiger partial charge in [0, 0.05) is 6.61 Å². The van der Waals surface area contributed by atoms with Gasteiger partial charge in [-0.2, -0.15) is 0 Å². The van der Waals surface area contributed by atoms with Crippen LogP contribution in [-0.2, 0) is 4.74 Å². The first-order chi connectivity index (χ1) is 7.27. The Balaban J connectivity index is 2.53. The molecule has 84 valence electrons. The van der Waals surface area contributed by atoms with E-state index < -0.39 is 0 Å². The van der Waals surface area contributed by atoms with Crippen molar-refractivity contribution in [3.05, 3.63) is 29.8 Å².